The Morgan fingerprint density at radius 3 is 2.12 bits per heavy atom. The van der Waals surface area contributed by atoms with Crippen molar-refractivity contribution in [2.24, 2.45) is 0 Å². The Bertz CT molecular complexity index is 460. The topological polar surface area (TPSA) is 76.1 Å². The van der Waals surface area contributed by atoms with Gasteiger partial charge in [0.1, 0.15) is 6.10 Å². The van der Waals surface area contributed by atoms with E-state index in [1.54, 1.807) is 25.2 Å². The van der Waals surface area contributed by atoms with Gasteiger partial charge in [0, 0.05) is 20.1 Å². The molecule has 24 heavy (non-hydrogen) atoms. The molecule has 6 nitrogen and oxygen atoms in total. The van der Waals surface area contributed by atoms with Crippen LogP contribution in [0.4, 0.5) is 4.79 Å². The molecule has 7 heteroatoms. The highest BCUT2D eigenvalue weighted by molar-refractivity contribution is 7.07. The van der Waals surface area contributed by atoms with Gasteiger partial charge in [-0.05, 0) is 50.3 Å². The minimum absolute atomic E-state index is 0.0564. The molecule has 0 spiro atoms. The summed E-state index contributed by atoms with van der Waals surface area (Å²) in [6.07, 6.45) is 4.27. The molecule has 1 saturated heterocycles. The molecule has 1 aromatic rings. The van der Waals surface area contributed by atoms with Crippen LogP contribution in [0.15, 0.2) is 22.9 Å². The standard InChI is InChI=1S/C9H13NO3.C4H10O2.C4H4S/c11-8-5-6-10(8)9(12)13-7-3-1-2-4-7;1-4(2,5)6-3;1-2-4-5-3-1/h7H,1-6H2;5H,1-3H3;1-4H. The Balaban J connectivity index is 0.000000218. The van der Waals surface area contributed by atoms with Crippen molar-refractivity contribution in [1.29, 1.82) is 0 Å². The number of nitrogens with zero attached hydrogens (tertiary/aromatic N) is 1. The molecule has 0 aromatic carbocycles. The van der Waals surface area contributed by atoms with Gasteiger partial charge in [0.2, 0.25) is 5.91 Å². The van der Waals surface area contributed by atoms with E-state index < -0.39 is 11.9 Å². The fourth-order valence-corrected chi connectivity index (χ4v) is 2.40. The molecule has 0 atom stereocenters. The molecule has 1 aliphatic carbocycles. The van der Waals surface area contributed by atoms with Crippen LogP contribution in [0, 0.1) is 0 Å². The van der Waals surface area contributed by atoms with Crippen LogP contribution in [0.3, 0.4) is 0 Å². The van der Waals surface area contributed by atoms with Crippen molar-refractivity contribution in [2.45, 2.75) is 57.8 Å². The quantitative estimate of drug-likeness (QED) is 0.648. The Kier molecular flexibility index (Phi) is 8.95. The monoisotopic (exact) mass is 357 g/mol. The first kappa shape index (κ1) is 20.6. The second-order valence-electron chi connectivity index (χ2n) is 6.03. The number of hydrogen-bond acceptors (Lipinski definition) is 6. The highest BCUT2D eigenvalue weighted by Gasteiger charge is 2.33. The zero-order valence-electron chi connectivity index (χ0n) is 14.6. The summed E-state index contributed by atoms with van der Waals surface area (Å²) in [7, 11) is 1.46. The molecular weight excluding hydrogens is 330 g/mol. The summed E-state index contributed by atoms with van der Waals surface area (Å²) < 4.78 is 9.64. The Morgan fingerprint density at radius 2 is 1.83 bits per heavy atom. The Morgan fingerprint density at radius 1 is 1.29 bits per heavy atom. The Hall–Kier alpha value is -1.44. The lowest BCUT2D eigenvalue weighted by Gasteiger charge is -2.28. The number of aliphatic hydroxyl groups is 1. The van der Waals surface area contributed by atoms with E-state index in [1.807, 2.05) is 22.9 Å². The highest BCUT2D eigenvalue weighted by atomic mass is 32.1. The molecule has 3 rings (SSSR count). The number of β-lactam (4-membered cyclic amide) rings is 1. The lowest BCUT2D eigenvalue weighted by Crippen LogP contribution is -2.48. The van der Waals surface area contributed by atoms with Gasteiger partial charge in [-0.3, -0.25) is 4.79 Å². The van der Waals surface area contributed by atoms with Gasteiger partial charge in [0.25, 0.3) is 0 Å². The lowest BCUT2D eigenvalue weighted by molar-refractivity contribution is -0.155. The summed E-state index contributed by atoms with van der Waals surface area (Å²) in [6, 6.07) is 4.04. The Labute approximate surface area is 147 Å². The van der Waals surface area contributed by atoms with E-state index in [4.69, 9.17) is 9.84 Å². The van der Waals surface area contributed by atoms with Gasteiger partial charge < -0.3 is 14.6 Å². The third-order valence-electron chi connectivity index (χ3n) is 3.57. The van der Waals surface area contributed by atoms with Crippen LogP contribution >= 0.6 is 11.3 Å². The van der Waals surface area contributed by atoms with Gasteiger partial charge in [0.05, 0.1) is 0 Å². The molecule has 136 valence electrons. The molecule has 2 heterocycles. The van der Waals surface area contributed by atoms with Gasteiger partial charge in [-0.1, -0.05) is 12.1 Å². The van der Waals surface area contributed by atoms with Crippen LogP contribution in [0.1, 0.15) is 46.0 Å². The van der Waals surface area contributed by atoms with Crippen molar-refractivity contribution >= 4 is 23.3 Å². The first-order valence-electron chi connectivity index (χ1n) is 8.09. The van der Waals surface area contributed by atoms with Gasteiger partial charge >= 0.3 is 6.09 Å². The van der Waals surface area contributed by atoms with Gasteiger partial charge in [-0.15, -0.1) is 0 Å². The lowest BCUT2D eigenvalue weighted by atomic mass is 10.2. The minimum Gasteiger partial charge on any atom is -0.446 e. The summed E-state index contributed by atoms with van der Waals surface area (Å²) >= 11 is 1.71. The summed E-state index contributed by atoms with van der Waals surface area (Å²) in [4.78, 5) is 23.3. The van der Waals surface area contributed by atoms with Gasteiger partial charge in [-0.2, -0.15) is 11.3 Å². The SMILES string of the molecule is COC(C)(C)O.O=C1CCN1C(=O)OC1CCCC1.c1ccsc1. The zero-order chi connectivity index (χ0) is 18.0. The predicted molar refractivity (Wildman–Crippen MR) is 92.7 cm³/mol. The number of ether oxygens (including phenoxy) is 2. The number of carbonyl (C=O) groups is 2. The van der Waals surface area contributed by atoms with Crippen LogP contribution in [-0.4, -0.2) is 47.6 Å². The molecule has 1 aromatic heterocycles. The van der Waals surface area contributed by atoms with E-state index in [9.17, 15) is 9.59 Å². The van der Waals surface area contributed by atoms with E-state index in [2.05, 4.69) is 4.74 Å². The average Bonchev–Trinajstić information content (AvgIpc) is 3.21. The van der Waals surface area contributed by atoms with Crippen molar-refractivity contribution in [1.82, 2.24) is 4.90 Å². The van der Waals surface area contributed by atoms with Gasteiger partial charge in [-0.25, -0.2) is 9.69 Å². The van der Waals surface area contributed by atoms with Crippen molar-refractivity contribution in [2.75, 3.05) is 13.7 Å². The van der Waals surface area contributed by atoms with Crippen molar-refractivity contribution in [3.63, 3.8) is 0 Å². The molecule has 1 N–H and O–H groups in total. The van der Waals surface area contributed by atoms with Crippen LogP contribution in [0.5, 0.6) is 0 Å². The first-order valence-corrected chi connectivity index (χ1v) is 9.03. The summed E-state index contributed by atoms with van der Waals surface area (Å²) in [5, 5.41) is 12.7. The van der Waals surface area contributed by atoms with Crippen LogP contribution in [0.2, 0.25) is 0 Å². The fourth-order valence-electron chi connectivity index (χ4n) is 1.95. The largest absolute Gasteiger partial charge is 0.446 e. The van der Waals surface area contributed by atoms with Gasteiger partial charge in [0.15, 0.2) is 5.79 Å². The summed E-state index contributed by atoms with van der Waals surface area (Å²) in [6.45, 7) is 3.68. The van der Waals surface area contributed by atoms with Crippen LogP contribution in [-0.2, 0) is 14.3 Å². The molecule has 1 saturated carbocycles. The number of likely N-dealkylation sites (tertiary alicyclic amines) is 1. The maximum Gasteiger partial charge on any atom is 0.416 e. The second-order valence-corrected chi connectivity index (χ2v) is 6.85. The number of thiophene rings is 1. The summed E-state index contributed by atoms with van der Waals surface area (Å²) in [5.41, 5.74) is 0. The maximum absolute atomic E-state index is 11.3. The molecule has 1 aliphatic heterocycles. The minimum atomic E-state index is -0.958. The number of amides is 2. The molecule has 0 bridgehead atoms. The maximum atomic E-state index is 11.3. The van der Waals surface area contributed by atoms with E-state index in [1.165, 1.54) is 12.0 Å². The van der Waals surface area contributed by atoms with E-state index in [0.717, 1.165) is 25.7 Å². The number of rotatable bonds is 2. The molecular formula is C17H27NO5S. The predicted octanol–water partition coefficient (Wildman–Crippen LogP) is 3.41. The normalized spacial score (nSPS) is 17.2. The van der Waals surface area contributed by atoms with Crippen molar-refractivity contribution in [3.8, 4) is 0 Å². The average molecular weight is 357 g/mol. The molecule has 2 fully saturated rings. The molecule has 0 radical (unpaired) electrons. The number of methoxy groups -OCH3 is 1. The van der Waals surface area contributed by atoms with E-state index in [0.29, 0.717) is 13.0 Å². The molecule has 0 unspecified atom stereocenters. The zero-order valence-corrected chi connectivity index (χ0v) is 15.4. The number of imide groups is 1. The second kappa shape index (κ2) is 10.4. The van der Waals surface area contributed by atoms with Crippen LogP contribution in [0.25, 0.3) is 0 Å². The van der Waals surface area contributed by atoms with Crippen LogP contribution < -0.4 is 0 Å². The smallest absolute Gasteiger partial charge is 0.416 e. The fraction of sp³-hybridized carbons (Fsp3) is 0.647. The van der Waals surface area contributed by atoms with E-state index in [-0.39, 0.29) is 12.0 Å². The third kappa shape index (κ3) is 8.42. The van der Waals surface area contributed by atoms with E-state index >= 15 is 0 Å². The first-order chi connectivity index (χ1) is 11.3. The van der Waals surface area contributed by atoms with Crippen molar-refractivity contribution in [3.05, 3.63) is 22.9 Å². The van der Waals surface area contributed by atoms with Crippen molar-refractivity contribution < 1.29 is 24.2 Å². The summed E-state index contributed by atoms with van der Waals surface area (Å²) in [5.74, 6) is -1.07. The third-order valence-corrected chi connectivity index (χ3v) is 4.19. The highest BCUT2D eigenvalue weighted by Crippen LogP contribution is 2.22. The number of hydrogen-bond donors (Lipinski definition) is 1. The number of carbonyl (C=O) groups excluding carboxylic acids is 2. The molecule has 2 amide bonds. The molecule has 2 aliphatic rings.